The highest BCUT2D eigenvalue weighted by Crippen LogP contribution is 2.26. The summed E-state index contributed by atoms with van der Waals surface area (Å²) >= 11 is 0. The first-order chi connectivity index (χ1) is 12.2. The van der Waals surface area contributed by atoms with Crippen molar-refractivity contribution in [2.24, 2.45) is 0 Å². The lowest BCUT2D eigenvalue weighted by Gasteiger charge is -2.13. The quantitative estimate of drug-likeness (QED) is 0.776. The van der Waals surface area contributed by atoms with E-state index in [1.54, 1.807) is 32.0 Å². The monoisotopic (exact) mass is 376 g/mol. The van der Waals surface area contributed by atoms with Gasteiger partial charge in [0.1, 0.15) is 5.75 Å². The van der Waals surface area contributed by atoms with Crippen LogP contribution in [0.3, 0.4) is 0 Å². The van der Waals surface area contributed by atoms with Gasteiger partial charge < -0.3 is 10.1 Å². The Kier molecular flexibility index (Phi) is 6.39. The zero-order valence-electron chi connectivity index (χ0n) is 15.4. The third kappa shape index (κ3) is 5.06. The molecule has 0 aliphatic rings. The summed E-state index contributed by atoms with van der Waals surface area (Å²) in [7, 11) is -3.67. The Bertz CT molecular complexity index is 892. The number of carbonyl (C=O) groups excluding carboxylic acids is 1. The van der Waals surface area contributed by atoms with E-state index in [-0.39, 0.29) is 16.5 Å². The minimum absolute atomic E-state index is 0.0489. The standard InChI is InChI=1S/C19H24N2O4S/c1-5-25-18-11-14(4)9-10-17(18)20-19(22)15-7-6-8-16(12-15)26(23,24)21-13(2)3/h6-13,21H,5H2,1-4H3,(H,20,22). The van der Waals surface area contributed by atoms with Gasteiger partial charge in [0.25, 0.3) is 5.91 Å². The van der Waals surface area contributed by atoms with E-state index in [0.717, 1.165) is 5.56 Å². The van der Waals surface area contributed by atoms with Crippen molar-refractivity contribution < 1.29 is 17.9 Å². The molecule has 0 saturated carbocycles. The Morgan fingerprint density at radius 1 is 1.15 bits per heavy atom. The van der Waals surface area contributed by atoms with Gasteiger partial charge in [-0.15, -0.1) is 0 Å². The number of aryl methyl sites for hydroxylation is 1. The molecule has 2 aromatic carbocycles. The van der Waals surface area contributed by atoms with Gasteiger partial charge in [0, 0.05) is 11.6 Å². The largest absolute Gasteiger partial charge is 0.492 e. The Morgan fingerprint density at radius 2 is 1.88 bits per heavy atom. The smallest absolute Gasteiger partial charge is 0.255 e. The fraction of sp³-hybridized carbons (Fsp3) is 0.316. The second kappa shape index (κ2) is 8.33. The zero-order chi connectivity index (χ0) is 19.3. The van der Waals surface area contributed by atoms with Gasteiger partial charge >= 0.3 is 0 Å². The molecular weight excluding hydrogens is 352 g/mol. The lowest BCUT2D eigenvalue weighted by molar-refractivity contribution is 0.102. The summed E-state index contributed by atoms with van der Waals surface area (Å²) in [6.45, 7) is 7.75. The summed E-state index contributed by atoms with van der Waals surface area (Å²) in [5, 5.41) is 2.78. The number of ether oxygens (including phenoxy) is 1. The van der Waals surface area contributed by atoms with Crippen LogP contribution in [0.15, 0.2) is 47.4 Å². The number of rotatable bonds is 7. The van der Waals surface area contributed by atoms with Crippen molar-refractivity contribution in [2.45, 2.75) is 38.6 Å². The van der Waals surface area contributed by atoms with Crippen LogP contribution in [0.2, 0.25) is 0 Å². The molecule has 0 spiro atoms. The van der Waals surface area contributed by atoms with Crippen LogP contribution in [-0.4, -0.2) is 27.0 Å². The van der Waals surface area contributed by atoms with Crippen molar-refractivity contribution in [1.82, 2.24) is 4.72 Å². The maximum atomic E-state index is 12.6. The fourth-order valence-electron chi connectivity index (χ4n) is 2.39. The summed E-state index contributed by atoms with van der Waals surface area (Å²) < 4.78 is 32.6. The van der Waals surface area contributed by atoms with Gasteiger partial charge in [0.15, 0.2) is 0 Å². The van der Waals surface area contributed by atoms with Gasteiger partial charge in [-0.1, -0.05) is 12.1 Å². The van der Waals surface area contributed by atoms with Crippen LogP contribution < -0.4 is 14.8 Å². The maximum Gasteiger partial charge on any atom is 0.255 e. The molecule has 0 radical (unpaired) electrons. The first-order valence-corrected chi connectivity index (χ1v) is 9.88. The zero-order valence-corrected chi connectivity index (χ0v) is 16.2. The molecule has 0 fully saturated rings. The molecule has 2 aromatic rings. The Balaban J connectivity index is 2.28. The molecular formula is C19H24N2O4S. The van der Waals surface area contributed by atoms with E-state index in [4.69, 9.17) is 4.74 Å². The van der Waals surface area contributed by atoms with Gasteiger partial charge in [0.05, 0.1) is 17.2 Å². The number of hydrogen-bond donors (Lipinski definition) is 2. The van der Waals surface area contributed by atoms with Crippen molar-refractivity contribution in [3.63, 3.8) is 0 Å². The van der Waals surface area contributed by atoms with Crippen LogP contribution >= 0.6 is 0 Å². The third-order valence-electron chi connectivity index (χ3n) is 3.48. The second-order valence-corrected chi connectivity index (χ2v) is 7.90. The Labute approximate surface area is 154 Å². The molecule has 0 aliphatic carbocycles. The van der Waals surface area contributed by atoms with Gasteiger partial charge in [-0.3, -0.25) is 4.79 Å². The molecule has 2 N–H and O–H groups in total. The minimum atomic E-state index is -3.67. The highest BCUT2D eigenvalue weighted by Gasteiger charge is 2.18. The van der Waals surface area contributed by atoms with Crippen molar-refractivity contribution in [1.29, 1.82) is 0 Å². The lowest BCUT2D eigenvalue weighted by atomic mass is 10.2. The number of amides is 1. The Morgan fingerprint density at radius 3 is 2.54 bits per heavy atom. The first kappa shape index (κ1) is 19.9. The molecule has 0 atom stereocenters. The topological polar surface area (TPSA) is 84.5 Å². The summed E-state index contributed by atoms with van der Waals surface area (Å²) in [6.07, 6.45) is 0. The molecule has 0 heterocycles. The molecule has 0 saturated heterocycles. The van der Waals surface area contributed by atoms with E-state index >= 15 is 0 Å². The second-order valence-electron chi connectivity index (χ2n) is 6.19. The number of nitrogens with one attached hydrogen (secondary N) is 2. The van der Waals surface area contributed by atoms with Crippen molar-refractivity contribution >= 4 is 21.6 Å². The van der Waals surface area contributed by atoms with Crippen molar-refractivity contribution in [3.05, 3.63) is 53.6 Å². The molecule has 0 aromatic heterocycles. The molecule has 0 bridgehead atoms. The SMILES string of the molecule is CCOc1cc(C)ccc1NC(=O)c1cccc(S(=O)(=O)NC(C)C)c1. The normalized spacial score (nSPS) is 11.4. The molecule has 7 heteroatoms. The van der Waals surface area contributed by atoms with Crippen LogP contribution in [0.1, 0.15) is 36.7 Å². The Hall–Kier alpha value is -2.38. The van der Waals surface area contributed by atoms with Crippen LogP contribution in [-0.2, 0) is 10.0 Å². The van der Waals surface area contributed by atoms with Crippen LogP contribution in [0.4, 0.5) is 5.69 Å². The lowest BCUT2D eigenvalue weighted by Crippen LogP contribution is -2.30. The molecule has 6 nitrogen and oxygen atoms in total. The number of benzene rings is 2. The summed E-state index contributed by atoms with van der Waals surface area (Å²) in [5.74, 6) is 0.169. The van der Waals surface area contributed by atoms with E-state index < -0.39 is 15.9 Å². The summed E-state index contributed by atoms with van der Waals surface area (Å²) in [6, 6.07) is 11.2. The third-order valence-corrected chi connectivity index (χ3v) is 5.14. The van der Waals surface area contributed by atoms with E-state index in [1.807, 2.05) is 26.0 Å². The van der Waals surface area contributed by atoms with E-state index in [2.05, 4.69) is 10.0 Å². The van der Waals surface area contributed by atoms with Gasteiger partial charge in [0.2, 0.25) is 10.0 Å². The molecule has 26 heavy (non-hydrogen) atoms. The maximum absolute atomic E-state index is 12.6. The molecule has 0 unspecified atom stereocenters. The van der Waals surface area contributed by atoms with E-state index in [1.165, 1.54) is 12.1 Å². The van der Waals surface area contributed by atoms with E-state index in [0.29, 0.717) is 18.0 Å². The average molecular weight is 376 g/mol. The molecule has 0 aliphatic heterocycles. The van der Waals surface area contributed by atoms with Crippen LogP contribution in [0.25, 0.3) is 0 Å². The number of hydrogen-bond acceptors (Lipinski definition) is 4. The first-order valence-electron chi connectivity index (χ1n) is 8.40. The molecule has 1 amide bonds. The predicted molar refractivity (Wildman–Crippen MR) is 102 cm³/mol. The molecule has 140 valence electrons. The van der Waals surface area contributed by atoms with E-state index in [9.17, 15) is 13.2 Å². The van der Waals surface area contributed by atoms with Crippen molar-refractivity contribution in [2.75, 3.05) is 11.9 Å². The minimum Gasteiger partial charge on any atom is -0.492 e. The summed E-state index contributed by atoms with van der Waals surface area (Å²) in [5.41, 5.74) is 1.80. The predicted octanol–water partition coefficient (Wildman–Crippen LogP) is 3.33. The van der Waals surface area contributed by atoms with Crippen LogP contribution in [0.5, 0.6) is 5.75 Å². The average Bonchev–Trinajstić information content (AvgIpc) is 2.56. The van der Waals surface area contributed by atoms with Gasteiger partial charge in [-0.25, -0.2) is 13.1 Å². The number of sulfonamides is 1. The summed E-state index contributed by atoms with van der Waals surface area (Å²) in [4.78, 5) is 12.6. The number of anilines is 1. The van der Waals surface area contributed by atoms with Gasteiger partial charge in [-0.2, -0.15) is 0 Å². The highest BCUT2D eigenvalue weighted by molar-refractivity contribution is 7.89. The molecule has 2 rings (SSSR count). The number of carbonyl (C=O) groups is 1. The van der Waals surface area contributed by atoms with Crippen LogP contribution in [0, 0.1) is 6.92 Å². The fourth-order valence-corrected chi connectivity index (χ4v) is 3.68. The van der Waals surface area contributed by atoms with Gasteiger partial charge in [-0.05, 0) is 63.6 Å². The highest BCUT2D eigenvalue weighted by atomic mass is 32.2. The van der Waals surface area contributed by atoms with Crippen molar-refractivity contribution in [3.8, 4) is 5.75 Å².